The molecule has 2 aromatic carbocycles. The fourth-order valence-electron chi connectivity index (χ4n) is 3.40. The summed E-state index contributed by atoms with van der Waals surface area (Å²) in [5.74, 6) is 2.21. The first-order valence-corrected chi connectivity index (χ1v) is 9.91. The number of methoxy groups -OCH3 is 1. The van der Waals surface area contributed by atoms with Gasteiger partial charge in [-0.15, -0.1) is 0 Å². The maximum Gasteiger partial charge on any atom is 0.261 e. The molecule has 0 fully saturated rings. The minimum absolute atomic E-state index is 0.134. The van der Waals surface area contributed by atoms with Crippen molar-refractivity contribution in [2.24, 2.45) is 0 Å². The maximum atomic E-state index is 12.5. The number of ether oxygens (including phenoxy) is 3. The largest absolute Gasteiger partial charge is 0.497 e. The summed E-state index contributed by atoms with van der Waals surface area (Å²) in [5.41, 5.74) is 2.60. The van der Waals surface area contributed by atoms with Gasteiger partial charge in [-0.2, -0.15) is 0 Å². The van der Waals surface area contributed by atoms with Crippen molar-refractivity contribution in [2.45, 2.75) is 51.7 Å². The molecule has 1 aliphatic carbocycles. The van der Waals surface area contributed by atoms with E-state index < -0.39 is 6.10 Å². The number of aryl methyl sites for hydroxylation is 1. The van der Waals surface area contributed by atoms with Crippen molar-refractivity contribution < 1.29 is 19.0 Å². The molecule has 0 unspecified atom stereocenters. The molecule has 1 aliphatic rings. The summed E-state index contributed by atoms with van der Waals surface area (Å²) in [5, 5.41) is 2.96. The van der Waals surface area contributed by atoms with Gasteiger partial charge in [-0.05, 0) is 81.0 Å². The van der Waals surface area contributed by atoms with Gasteiger partial charge in [0.2, 0.25) is 0 Å². The monoisotopic (exact) mass is 383 g/mol. The molecule has 1 amide bonds. The predicted octanol–water partition coefficient (Wildman–Crippen LogP) is 3.93. The fourth-order valence-corrected chi connectivity index (χ4v) is 3.40. The quantitative estimate of drug-likeness (QED) is 0.751. The standard InChI is InChI=1S/C23H29NO4/c1-16(15-27-20-13-11-19(26-3)12-14-20)24-23(25)17(2)28-22-10-6-8-18-7-4-5-9-21(18)22/h6,8,10-14,16-17H,4-5,7,9,15H2,1-3H3,(H,24,25)/t16-,17-/m0/s1. The molecule has 150 valence electrons. The summed E-state index contributed by atoms with van der Waals surface area (Å²) in [6.07, 6.45) is 3.95. The van der Waals surface area contributed by atoms with Gasteiger partial charge in [0.15, 0.2) is 6.10 Å². The van der Waals surface area contributed by atoms with E-state index in [0.29, 0.717) is 6.61 Å². The van der Waals surface area contributed by atoms with Crippen molar-refractivity contribution in [3.63, 3.8) is 0 Å². The Kier molecular flexibility index (Phi) is 6.80. The third-order valence-corrected chi connectivity index (χ3v) is 4.97. The van der Waals surface area contributed by atoms with Crippen LogP contribution in [0.2, 0.25) is 0 Å². The summed E-state index contributed by atoms with van der Waals surface area (Å²) in [6.45, 7) is 4.08. The third-order valence-electron chi connectivity index (χ3n) is 4.97. The van der Waals surface area contributed by atoms with Crippen molar-refractivity contribution in [3.05, 3.63) is 53.6 Å². The highest BCUT2D eigenvalue weighted by molar-refractivity contribution is 5.81. The second-order valence-corrected chi connectivity index (χ2v) is 7.26. The van der Waals surface area contributed by atoms with Gasteiger partial charge in [0.25, 0.3) is 5.91 Å². The highest BCUT2D eigenvalue weighted by atomic mass is 16.5. The normalized spacial score (nSPS) is 15.1. The number of fused-ring (bicyclic) bond motifs is 1. The van der Waals surface area contributed by atoms with Crippen molar-refractivity contribution in [1.82, 2.24) is 5.32 Å². The molecular weight excluding hydrogens is 354 g/mol. The van der Waals surface area contributed by atoms with Crippen LogP contribution in [0.15, 0.2) is 42.5 Å². The van der Waals surface area contributed by atoms with E-state index in [2.05, 4.69) is 11.4 Å². The molecule has 0 saturated carbocycles. The van der Waals surface area contributed by atoms with E-state index in [1.165, 1.54) is 24.0 Å². The smallest absolute Gasteiger partial charge is 0.261 e. The molecule has 0 saturated heterocycles. The van der Waals surface area contributed by atoms with Gasteiger partial charge in [-0.1, -0.05) is 12.1 Å². The van der Waals surface area contributed by atoms with E-state index in [9.17, 15) is 4.79 Å². The van der Waals surface area contributed by atoms with Crippen molar-refractivity contribution in [1.29, 1.82) is 0 Å². The molecule has 3 rings (SSSR count). The predicted molar refractivity (Wildman–Crippen MR) is 109 cm³/mol. The molecule has 0 heterocycles. The van der Waals surface area contributed by atoms with Crippen LogP contribution in [0.3, 0.4) is 0 Å². The SMILES string of the molecule is COc1ccc(OC[C@H](C)NC(=O)[C@H](C)Oc2cccc3c2CCCC3)cc1. The topological polar surface area (TPSA) is 56.8 Å². The lowest BCUT2D eigenvalue weighted by molar-refractivity contribution is -0.128. The summed E-state index contributed by atoms with van der Waals surface area (Å²) < 4.78 is 16.9. The van der Waals surface area contributed by atoms with Crippen LogP contribution in [-0.2, 0) is 17.6 Å². The Morgan fingerprint density at radius 2 is 1.75 bits per heavy atom. The molecule has 5 nitrogen and oxygen atoms in total. The van der Waals surface area contributed by atoms with E-state index in [1.807, 2.05) is 43.3 Å². The molecule has 0 bridgehead atoms. The molecule has 2 atom stereocenters. The Bertz CT molecular complexity index is 788. The molecular formula is C23H29NO4. The molecule has 1 N–H and O–H groups in total. The molecule has 5 heteroatoms. The number of hydrogen-bond acceptors (Lipinski definition) is 4. The number of amides is 1. The first-order valence-electron chi connectivity index (χ1n) is 9.91. The molecule has 0 aliphatic heterocycles. The van der Waals surface area contributed by atoms with Gasteiger partial charge >= 0.3 is 0 Å². The van der Waals surface area contributed by atoms with Gasteiger partial charge in [0.1, 0.15) is 23.9 Å². The van der Waals surface area contributed by atoms with Gasteiger partial charge in [0.05, 0.1) is 13.2 Å². The van der Waals surface area contributed by atoms with E-state index in [0.717, 1.165) is 30.1 Å². The number of benzene rings is 2. The van der Waals surface area contributed by atoms with E-state index in [4.69, 9.17) is 14.2 Å². The number of rotatable bonds is 8. The lowest BCUT2D eigenvalue weighted by Crippen LogP contribution is -2.43. The van der Waals surface area contributed by atoms with Crippen LogP contribution in [0.1, 0.15) is 37.8 Å². The van der Waals surface area contributed by atoms with Crippen LogP contribution in [0.5, 0.6) is 17.2 Å². The summed E-state index contributed by atoms with van der Waals surface area (Å²) in [6, 6.07) is 13.4. The van der Waals surface area contributed by atoms with Crippen LogP contribution in [0, 0.1) is 0 Å². The lowest BCUT2D eigenvalue weighted by atomic mass is 9.91. The van der Waals surface area contributed by atoms with E-state index >= 15 is 0 Å². The average molecular weight is 383 g/mol. The molecule has 28 heavy (non-hydrogen) atoms. The van der Waals surface area contributed by atoms with Gasteiger partial charge in [-0.3, -0.25) is 4.79 Å². The zero-order valence-electron chi connectivity index (χ0n) is 16.9. The number of nitrogens with one attached hydrogen (secondary N) is 1. The zero-order valence-corrected chi connectivity index (χ0v) is 16.9. The Balaban J connectivity index is 1.49. The average Bonchev–Trinajstić information content (AvgIpc) is 2.73. The molecule has 0 radical (unpaired) electrons. The van der Waals surface area contributed by atoms with Gasteiger partial charge in [-0.25, -0.2) is 0 Å². The van der Waals surface area contributed by atoms with Crippen LogP contribution in [-0.4, -0.2) is 31.8 Å². The zero-order chi connectivity index (χ0) is 19.9. The third kappa shape index (κ3) is 5.18. The highest BCUT2D eigenvalue weighted by Crippen LogP contribution is 2.30. The van der Waals surface area contributed by atoms with Gasteiger partial charge in [0, 0.05) is 0 Å². The van der Waals surface area contributed by atoms with Crippen LogP contribution in [0.4, 0.5) is 0 Å². The van der Waals surface area contributed by atoms with Crippen molar-refractivity contribution in [3.8, 4) is 17.2 Å². The Hall–Kier alpha value is -2.69. The van der Waals surface area contributed by atoms with Crippen molar-refractivity contribution in [2.75, 3.05) is 13.7 Å². The summed E-state index contributed by atoms with van der Waals surface area (Å²) in [7, 11) is 1.63. The van der Waals surface area contributed by atoms with Crippen LogP contribution >= 0.6 is 0 Å². The maximum absolute atomic E-state index is 12.5. The Morgan fingerprint density at radius 1 is 1.04 bits per heavy atom. The minimum Gasteiger partial charge on any atom is -0.497 e. The van der Waals surface area contributed by atoms with Crippen LogP contribution < -0.4 is 19.5 Å². The lowest BCUT2D eigenvalue weighted by Gasteiger charge is -2.23. The first kappa shape index (κ1) is 20.1. The van der Waals surface area contributed by atoms with Crippen LogP contribution in [0.25, 0.3) is 0 Å². The van der Waals surface area contributed by atoms with Gasteiger partial charge < -0.3 is 19.5 Å². The number of hydrogen-bond donors (Lipinski definition) is 1. The Morgan fingerprint density at radius 3 is 2.50 bits per heavy atom. The van der Waals surface area contributed by atoms with E-state index in [-0.39, 0.29) is 11.9 Å². The van der Waals surface area contributed by atoms with E-state index in [1.54, 1.807) is 14.0 Å². The minimum atomic E-state index is -0.558. The molecule has 2 aromatic rings. The molecule has 0 aromatic heterocycles. The number of carbonyl (C=O) groups excluding carboxylic acids is 1. The summed E-state index contributed by atoms with van der Waals surface area (Å²) >= 11 is 0. The summed E-state index contributed by atoms with van der Waals surface area (Å²) in [4.78, 5) is 12.5. The first-order chi connectivity index (χ1) is 13.6. The molecule has 0 spiro atoms. The fraction of sp³-hybridized carbons (Fsp3) is 0.435. The highest BCUT2D eigenvalue weighted by Gasteiger charge is 2.20. The number of carbonyl (C=O) groups is 1. The second kappa shape index (κ2) is 9.49. The second-order valence-electron chi connectivity index (χ2n) is 7.26. The Labute approximate surface area is 167 Å². The van der Waals surface area contributed by atoms with Crippen molar-refractivity contribution >= 4 is 5.91 Å².